The Bertz CT molecular complexity index is 825. The summed E-state index contributed by atoms with van der Waals surface area (Å²) in [6.07, 6.45) is -0.270. The zero-order valence-electron chi connectivity index (χ0n) is 13.6. The van der Waals surface area contributed by atoms with Crippen LogP contribution >= 0.6 is 0 Å². The molecule has 0 spiro atoms. The smallest absolute Gasteiger partial charge is 0.548 e. The molecule has 13 heteroatoms. The third-order valence-electron chi connectivity index (χ3n) is 4.72. The van der Waals surface area contributed by atoms with Crippen LogP contribution in [0, 0.1) is 0 Å². The van der Waals surface area contributed by atoms with Gasteiger partial charge in [0.05, 0.1) is 43.9 Å². The molecule has 2 fully saturated rings. The number of aliphatic hydroxyl groups excluding tert-OH is 2. The molecule has 2 aliphatic heterocycles. The van der Waals surface area contributed by atoms with Crippen LogP contribution in [0.15, 0.2) is 0 Å². The van der Waals surface area contributed by atoms with Crippen LogP contribution < -0.4 is 34.7 Å². The van der Waals surface area contributed by atoms with Crippen molar-refractivity contribution in [3.05, 3.63) is 11.4 Å². The molecule has 0 aliphatic carbocycles. The molecule has 0 aromatic carbocycles. The Kier molecular flexibility index (Phi) is 5.34. The number of aliphatic hydroxyl groups is 2. The normalized spacial score (nSPS) is 29.7. The second-order valence-corrected chi connectivity index (χ2v) is 8.56. The van der Waals surface area contributed by atoms with E-state index < -0.39 is 57.6 Å². The number of nitrogens with zero attached hydrogens (tertiary/aromatic N) is 4. The number of sulfone groups is 1. The van der Waals surface area contributed by atoms with E-state index in [1.807, 2.05) is 0 Å². The fourth-order valence-electron chi connectivity index (χ4n) is 3.36. The number of carbonyl (C=O) groups excluding carboxylic acids is 2. The van der Waals surface area contributed by atoms with Crippen LogP contribution in [0.2, 0.25) is 0 Å². The van der Waals surface area contributed by atoms with Gasteiger partial charge in [-0.05, 0) is 6.92 Å². The van der Waals surface area contributed by atoms with Gasteiger partial charge in [-0.2, -0.15) is 0 Å². The average molecular weight is 382 g/mol. The van der Waals surface area contributed by atoms with Crippen molar-refractivity contribution < 1.29 is 62.9 Å². The number of β-lactam (4-membered cyclic amide) rings is 1. The third-order valence-corrected chi connectivity index (χ3v) is 7.48. The van der Waals surface area contributed by atoms with Gasteiger partial charge < -0.3 is 25.0 Å². The first kappa shape index (κ1) is 20.3. The van der Waals surface area contributed by atoms with E-state index in [9.17, 15) is 28.2 Å². The van der Waals surface area contributed by atoms with E-state index in [1.54, 1.807) is 0 Å². The van der Waals surface area contributed by atoms with E-state index in [1.165, 1.54) is 6.92 Å². The maximum Gasteiger partial charge on any atom is 1.00 e. The van der Waals surface area contributed by atoms with E-state index in [4.69, 9.17) is 5.11 Å². The number of rotatable bonds is 5. The minimum absolute atomic E-state index is 0. The molecule has 2 aliphatic rings. The van der Waals surface area contributed by atoms with Gasteiger partial charge in [0.1, 0.15) is 15.8 Å². The topological polar surface area (TPSA) is 166 Å². The van der Waals surface area contributed by atoms with Crippen LogP contribution in [0.25, 0.3) is 0 Å². The number of hydrogen-bond acceptors (Lipinski definition) is 9. The van der Waals surface area contributed by atoms with Gasteiger partial charge in [0, 0.05) is 0 Å². The van der Waals surface area contributed by atoms with Crippen molar-refractivity contribution in [1.82, 2.24) is 19.9 Å². The first-order chi connectivity index (χ1) is 11.2. The van der Waals surface area contributed by atoms with Gasteiger partial charge >= 0.3 is 29.6 Å². The zero-order chi connectivity index (χ0) is 17.9. The summed E-state index contributed by atoms with van der Waals surface area (Å²) in [7, 11) is -4.02. The Morgan fingerprint density at radius 2 is 2.04 bits per heavy atom. The molecule has 3 rings (SSSR count). The van der Waals surface area contributed by atoms with E-state index in [-0.39, 0.29) is 47.4 Å². The summed E-state index contributed by atoms with van der Waals surface area (Å²) >= 11 is 0. The van der Waals surface area contributed by atoms with E-state index in [0.29, 0.717) is 0 Å². The largest absolute Gasteiger partial charge is 1.00 e. The number of carboxylic acids is 1. The Hall–Kier alpha value is -1.05. The molecule has 0 bridgehead atoms. The molecule has 0 unspecified atom stereocenters. The number of carboxylic acid groups (broad SMARTS) is 1. The predicted molar refractivity (Wildman–Crippen MR) is 73.2 cm³/mol. The van der Waals surface area contributed by atoms with Crippen LogP contribution in [0.3, 0.4) is 0 Å². The van der Waals surface area contributed by atoms with Gasteiger partial charge in [-0.1, -0.05) is 5.21 Å². The first-order valence-electron chi connectivity index (χ1n) is 7.07. The molecule has 1 aromatic rings. The molecular weight excluding hydrogens is 367 g/mol. The minimum Gasteiger partial charge on any atom is -0.548 e. The van der Waals surface area contributed by atoms with Crippen LogP contribution in [-0.4, -0.2) is 66.6 Å². The van der Waals surface area contributed by atoms with Crippen molar-refractivity contribution >= 4 is 21.7 Å². The standard InChI is InChI=1S/C12H16N4O7S.Na/c1-12(5-15-7(4-18)6(3-17)13-14-15)10(11(20)21)16-8(19)2-9(16)24(12,22)23;/h9-10,17-18H,2-5H2,1H3,(H,20,21);/q;+1/p-1/t9-,10+,12+;/m1./s1. The molecule has 11 nitrogen and oxygen atoms in total. The van der Waals surface area contributed by atoms with E-state index in [0.717, 1.165) is 9.58 Å². The summed E-state index contributed by atoms with van der Waals surface area (Å²) in [6, 6.07) is -1.66. The quantitative estimate of drug-likeness (QED) is 0.372. The summed E-state index contributed by atoms with van der Waals surface area (Å²) in [4.78, 5) is 24.0. The molecule has 132 valence electrons. The second kappa shape index (κ2) is 6.59. The number of hydrogen-bond donors (Lipinski definition) is 2. The number of aromatic nitrogens is 3. The molecule has 1 aromatic heterocycles. The van der Waals surface area contributed by atoms with Gasteiger partial charge in [-0.25, -0.2) is 13.1 Å². The number of fused-ring (bicyclic) bond motifs is 1. The van der Waals surface area contributed by atoms with Crippen molar-refractivity contribution in [3.8, 4) is 0 Å². The Morgan fingerprint density at radius 1 is 1.40 bits per heavy atom. The van der Waals surface area contributed by atoms with Gasteiger partial charge in [0.2, 0.25) is 5.91 Å². The van der Waals surface area contributed by atoms with Gasteiger partial charge in [-0.15, -0.1) is 5.10 Å². The fourth-order valence-corrected chi connectivity index (χ4v) is 5.70. The molecule has 3 atom stereocenters. The molecule has 2 N–H and O–H groups in total. The Labute approximate surface area is 164 Å². The van der Waals surface area contributed by atoms with Crippen molar-refractivity contribution in [2.24, 2.45) is 0 Å². The average Bonchev–Trinajstić information content (AvgIpc) is 2.95. The van der Waals surface area contributed by atoms with Crippen molar-refractivity contribution in [3.63, 3.8) is 0 Å². The van der Waals surface area contributed by atoms with Crippen LogP contribution in [0.4, 0.5) is 0 Å². The summed E-state index contributed by atoms with van der Waals surface area (Å²) in [5.41, 5.74) is 0.132. The molecule has 2 saturated heterocycles. The molecule has 0 radical (unpaired) electrons. The summed E-state index contributed by atoms with van der Waals surface area (Å²) < 4.78 is 24.7. The number of aliphatic carboxylic acids is 1. The maximum atomic E-state index is 12.8. The fraction of sp³-hybridized carbons (Fsp3) is 0.667. The van der Waals surface area contributed by atoms with Crippen LogP contribution in [0.1, 0.15) is 24.7 Å². The van der Waals surface area contributed by atoms with Crippen LogP contribution in [0.5, 0.6) is 0 Å². The molecule has 3 heterocycles. The van der Waals surface area contributed by atoms with Gasteiger partial charge in [0.15, 0.2) is 9.84 Å². The first-order valence-corrected chi connectivity index (χ1v) is 8.62. The Balaban J connectivity index is 0.00000225. The molecule has 1 amide bonds. The van der Waals surface area contributed by atoms with Gasteiger partial charge in [0.25, 0.3) is 0 Å². The van der Waals surface area contributed by atoms with Crippen molar-refractivity contribution in [1.29, 1.82) is 0 Å². The maximum absolute atomic E-state index is 12.8. The summed E-state index contributed by atoms with van der Waals surface area (Å²) in [6.45, 7) is -0.329. The molecule has 25 heavy (non-hydrogen) atoms. The SMILES string of the molecule is C[C@]1(Cn2nnc(CO)c2CO)[C@H](C(=O)[O-])N2C(=O)C[C@H]2S1(=O)=O.[Na+]. The molecule has 0 saturated carbocycles. The predicted octanol–water partition coefficient (Wildman–Crippen LogP) is -6.87. The number of carbonyl (C=O) groups is 2. The third kappa shape index (κ3) is 2.62. The van der Waals surface area contributed by atoms with Crippen molar-refractivity contribution in [2.45, 2.75) is 49.3 Å². The van der Waals surface area contributed by atoms with E-state index >= 15 is 0 Å². The monoisotopic (exact) mass is 382 g/mol. The summed E-state index contributed by atoms with van der Waals surface area (Å²) in [5.74, 6) is -2.25. The van der Waals surface area contributed by atoms with Crippen LogP contribution in [-0.2, 0) is 39.2 Å². The van der Waals surface area contributed by atoms with Crippen molar-refractivity contribution in [2.75, 3.05) is 0 Å². The minimum atomic E-state index is -4.02. The van der Waals surface area contributed by atoms with E-state index in [2.05, 4.69) is 10.3 Å². The Morgan fingerprint density at radius 3 is 2.52 bits per heavy atom. The van der Waals surface area contributed by atoms with Gasteiger partial charge in [-0.3, -0.25) is 4.79 Å². The molecular formula is C12H15N4NaO7S. The second-order valence-electron chi connectivity index (χ2n) is 6.00. The summed E-state index contributed by atoms with van der Waals surface area (Å²) in [5, 5.41) is 36.2. The zero-order valence-corrected chi connectivity index (χ0v) is 16.4. The number of amides is 1.